The van der Waals surface area contributed by atoms with Crippen molar-refractivity contribution in [2.45, 2.75) is 39.3 Å². The third kappa shape index (κ3) is 3.54. The van der Waals surface area contributed by atoms with Crippen molar-refractivity contribution in [3.8, 4) is 0 Å². The Labute approximate surface area is 105 Å². The Hall–Kier alpha value is -1.92. The zero-order valence-corrected chi connectivity index (χ0v) is 11.1. The third-order valence-electron chi connectivity index (χ3n) is 2.05. The molecular weight excluding hydrogens is 238 g/mol. The summed E-state index contributed by atoms with van der Waals surface area (Å²) in [7, 11) is 1.25. The fourth-order valence-corrected chi connectivity index (χ4v) is 1.16. The standard InChI is InChI=1S/C11H17N3O4/c1-7(9(15)18-11(2,3)4)14-6-8(12-13-14)10(16)17-5/h6-7H,1-5H3/t7-/m1/s1. The van der Waals surface area contributed by atoms with Crippen LogP contribution in [0, 0.1) is 0 Å². The van der Waals surface area contributed by atoms with Gasteiger partial charge in [-0.3, -0.25) is 0 Å². The van der Waals surface area contributed by atoms with Gasteiger partial charge in [-0.05, 0) is 27.7 Å². The highest BCUT2D eigenvalue weighted by Crippen LogP contribution is 2.14. The number of aromatic nitrogens is 3. The van der Waals surface area contributed by atoms with Crippen molar-refractivity contribution >= 4 is 11.9 Å². The average Bonchev–Trinajstić information content (AvgIpc) is 2.73. The summed E-state index contributed by atoms with van der Waals surface area (Å²) >= 11 is 0. The highest BCUT2D eigenvalue weighted by Gasteiger charge is 2.24. The highest BCUT2D eigenvalue weighted by atomic mass is 16.6. The van der Waals surface area contributed by atoms with E-state index < -0.39 is 23.6 Å². The summed E-state index contributed by atoms with van der Waals surface area (Å²) in [5.74, 6) is -1.04. The molecule has 1 rings (SSSR count). The minimum atomic E-state index is -0.657. The van der Waals surface area contributed by atoms with Crippen LogP contribution in [0.2, 0.25) is 0 Å². The van der Waals surface area contributed by atoms with Crippen LogP contribution in [-0.4, -0.2) is 39.6 Å². The minimum absolute atomic E-state index is 0.0490. The molecule has 100 valence electrons. The number of esters is 2. The maximum Gasteiger partial charge on any atom is 0.360 e. The van der Waals surface area contributed by atoms with Crippen molar-refractivity contribution < 1.29 is 19.1 Å². The van der Waals surface area contributed by atoms with E-state index in [1.165, 1.54) is 18.0 Å². The topological polar surface area (TPSA) is 83.3 Å². The molecule has 0 aliphatic heterocycles. The zero-order chi connectivity index (χ0) is 13.9. The Morgan fingerprint density at radius 2 is 2.00 bits per heavy atom. The molecule has 1 atom stereocenters. The van der Waals surface area contributed by atoms with E-state index in [2.05, 4.69) is 15.0 Å². The first-order valence-electron chi connectivity index (χ1n) is 5.47. The predicted molar refractivity (Wildman–Crippen MR) is 61.9 cm³/mol. The molecule has 0 aliphatic rings. The molecule has 7 nitrogen and oxygen atoms in total. The molecule has 1 heterocycles. The first-order chi connectivity index (χ1) is 8.24. The van der Waals surface area contributed by atoms with Gasteiger partial charge in [0.2, 0.25) is 0 Å². The van der Waals surface area contributed by atoms with Crippen LogP contribution in [-0.2, 0) is 14.3 Å². The fraction of sp³-hybridized carbons (Fsp3) is 0.636. The minimum Gasteiger partial charge on any atom is -0.464 e. The van der Waals surface area contributed by atoms with Crippen LogP contribution in [0.3, 0.4) is 0 Å². The van der Waals surface area contributed by atoms with Gasteiger partial charge in [-0.15, -0.1) is 5.10 Å². The van der Waals surface area contributed by atoms with Gasteiger partial charge in [0.15, 0.2) is 5.69 Å². The normalized spacial score (nSPS) is 12.9. The number of methoxy groups -OCH3 is 1. The van der Waals surface area contributed by atoms with Crippen LogP contribution in [0.15, 0.2) is 6.20 Å². The summed E-state index contributed by atoms with van der Waals surface area (Å²) in [6.07, 6.45) is 1.35. The van der Waals surface area contributed by atoms with E-state index in [1.54, 1.807) is 27.7 Å². The molecule has 0 unspecified atom stereocenters. The number of carbonyl (C=O) groups is 2. The second-order valence-corrected chi connectivity index (χ2v) is 4.78. The molecule has 18 heavy (non-hydrogen) atoms. The predicted octanol–water partition coefficient (Wildman–Crippen LogP) is 0.967. The second-order valence-electron chi connectivity index (χ2n) is 4.78. The van der Waals surface area contributed by atoms with Crippen molar-refractivity contribution in [1.29, 1.82) is 0 Å². The molecule has 1 aromatic rings. The molecule has 0 amide bonds. The van der Waals surface area contributed by atoms with Crippen LogP contribution in [0.4, 0.5) is 0 Å². The van der Waals surface area contributed by atoms with E-state index in [4.69, 9.17) is 4.74 Å². The Morgan fingerprint density at radius 1 is 1.39 bits per heavy atom. The number of ether oxygens (including phenoxy) is 2. The van der Waals surface area contributed by atoms with Crippen molar-refractivity contribution in [3.63, 3.8) is 0 Å². The third-order valence-corrected chi connectivity index (χ3v) is 2.05. The quantitative estimate of drug-likeness (QED) is 0.748. The van der Waals surface area contributed by atoms with Crippen molar-refractivity contribution in [1.82, 2.24) is 15.0 Å². The fourth-order valence-electron chi connectivity index (χ4n) is 1.16. The lowest BCUT2D eigenvalue weighted by molar-refractivity contribution is -0.158. The summed E-state index contributed by atoms with van der Waals surface area (Å²) in [5, 5.41) is 7.32. The largest absolute Gasteiger partial charge is 0.464 e. The van der Waals surface area contributed by atoms with Crippen LogP contribution >= 0.6 is 0 Å². The summed E-state index contributed by atoms with van der Waals surface area (Å²) in [6, 6.07) is -0.657. The smallest absolute Gasteiger partial charge is 0.360 e. The Bertz CT molecular complexity index is 447. The Balaban J connectivity index is 2.78. The number of rotatable bonds is 3. The Kier molecular flexibility index (Phi) is 4.05. The van der Waals surface area contributed by atoms with Gasteiger partial charge >= 0.3 is 11.9 Å². The summed E-state index contributed by atoms with van der Waals surface area (Å²) in [5.41, 5.74) is -0.523. The molecule has 0 spiro atoms. The first kappa shape index (κ1) is 14.1. The van der Waals surface area contributed by atoms with E-state index in [0.717, 1.165) is 0 Å². The number of nitrogens with zero attached hydrogens (tertiary/aromatic N) is 3. The molecule has 0 radical (unpaired) electrons. The number of hydrogen-bond donors (Lipinski definition) is 0. The maximum atomic E-state index is 11.8. The van der Waals surface area contributed by atoms with Crippen LogP contribution in [0.1, 0.15) is 44.2 Å². The van der Waals surface area contributed by atoms with Crippen molar-refractivity contribution in [2.24, 2.45) is 0 Å². The molecule has 1 aromatic heterocycles. The van der Waals surface area contributed by atoms with Crippen molar-refractivity contribution in [2.75, 3.05) is 7.11 Å². The van der Waals surface area contributed by atoms with Gasteiger partial charge in [0.05, 0.1) is 13.3 Å². The molecule has 0 saturated carbocycles. The van der Waals surface area contributed by atoms with Gasteiger partial charge in [0.25, 0.3) is 0 Å². The van der Waals surface area contributed by atoms with Gasteiger partial charge in [0.1, 0.15) is 11.6 Å². The molecule has 0 aromatic carbocycles. The average molecular weight is 255 g/mol. The molecule has 0 aliphatic carbocycles. The molecular formula is C11H17N3O4. The second kappa shape index (κ2) is 5.16. The lowest BCUT2D eigenvalue weighted by atomic mass is 10.2. The lowest BCUT2D eigenvalue weighted by Gasteiger charge is -2.22. The first-order valence-corrected chi connectivity index (χ1v) is 5.47. The highest BCUT2D eigenvalue weighted by molar-refractivity contribution is 5.86. The zero-order valence-electron chi connectivity index (χ0n) is 11.1. The lowest BCUT2D eigenvalue weighted by Crippen LogP contribution is -2.29. The van der Waals surface area contributed by atoms with Crippen molar-refractivity contribution in [3.05, 3.63) is 11.9 Å². The summed E-state index contributed by atoms with van der Waals surface area (Å²) in [4.78, 5) is 23.0. The monoisotopic (exact) mass is 255 g/mol. The molecule has 0 saturated heterocycles. The molecule has 7 heteroatoms. The van der Waals surface area contributed by atoms with Crippen LogP contribution in [0.25, 0.3) is 0 Å². The summed E-state index contributed by atoms with van der Waals surface area (Å²) in [6.45, 7) is 6.94. The van der Waals surface area contributed by atoms with E-state index in [-0.39, 0.29) is 5.69 Å². The number of carbonyl (C=O) groups excluding carboxylic acids is 2. The molecule has 0 N–H and O–H groups in total. The van der Waals surface area contributed by atoms with Gasteiger partial charge in [0, 0.05) is 0 Å². The van der Waals surface area contributed by atoms with Gasteiger partial charge in [-0.2, -0.15) is 0 Å². The maximum absolute atomic E-state index is 11.8. The summed E-state index contributed by atoms with van der Waals surface area (Å²) < 4.78 is 11.0. The van der Waals surface area contributed by atoms with E-state index in [9.17, 15) is 9.59 Å². The molecule has 0 fully saturated rings. The van der Waals surface area contributed by atoms with E-state index >= 15 is 0 Å². The van der Waals surface area contributed by atoms with E-state index in [1.807, 2.05) is 0 Å². The van der Waals surface area contributed by atoms with E-state index in [0.29, 0.717) is 0 Å². The SMILES string of the molecule is COC(=O)c1cn([C@H](C)C(=O)OC(C)(C)C)nn1. The van der Waals surface area contributed by atoms with Gasteiger partial charge in [-0.1, -0.05) is 5.21 Å². The van der Waals surface area contributed by atoms with Gasteiger partial charge < -0.3 is 9.47 Å². The van der Waals surface area contributed by atoms with Gasteiger partial charge in [-0.25, -0.2) is 14.3 Å². The number of hydrogen-bond acceptors (Lipinski definition) is 6. The van der Waals surface area contributed by atoms with Crippen LogP contribution < -0.4 is 0 Å². The Morgan fingerprint density at radius 3 is 2.50 bits per heavy atom. The van der Waals surface area contributed by atoms with Crippen LogP contribution in [0.5, 0.6) is 0 Å². The molecule has 0 bridgehead atoms.